The summed E-state index contributed by atoms with van der Waals surface area (Å²) in [5, 5.41) is 5.87. The Morgan fingerprint density at radius 3 is 2.90 bits per heavy atom. The number of rotatable bonds is 2. The molecule has 2 N–H and O–H groups in total. The van der Waals surface area contributed by atoms with Gasteiger partial charge in [0.25, 0.3) is 0 Å². The lowest BCUT2D eigenvalue weighted by Gasteiger charge is -2.26. The van der Waals surface area contributed by atoms with Crippen LogP contribution in [-0.2, 0) is 11.2 Å². The Hall–Kier alpha value is -2.36. The molecule has 1 aliphatic rings. The summed E-state index contributed by atoms with van der Waals surface area (Å²) in [6, 6.07) is 12.4. The highest BCUT2D eigenvalue weighted by atomic mass is 19.1. The molecule has 108 valence electrons. The smallest absolute Gasteiger partial charge is 0.246 e. The molecular formula is C17H17FN2O. The molecular weight excluding hydrogens is 267 g/mol. The SMILES string of the molecule is Cc1ccc(NC(=O)C2CCc3ccccc3N2)c(F)c1. The minimum absolute atomic E-state index is 0.202. The molecule has 0 aromatic heterocycles. The van der Waals surface area contributed by atoms with Gasteiger partial charge >= 0.3 is 0 Å². The second-order valence-corrected chi connectivity index (χ2v) is 5.37. The summed E-state index contributed by atoms with van der Waals surface area (Å²) in [7, 11) is 0. The van der Waals surface area contributed by atoms with Gasteiger partial charge in [0.15, 0.2) is 0 Å². The molecule has 3 rings (SSSR count). The molecule has 0 aliphatic carbocycles. The lowest BCUT2D eigenvalue weighted by Crippen LogP contribution is -2.37. The molecule has 0 saturated heterocycles. The van der Waals surface area contributed by atoms with Crippen LogP contribution >= 0.6 is 0 Å². The van der Waals surface area contributed by atoms with Crippen LogP contribution in [0.2, 0.25) is 0 Å². The third-order valence-corrected chi connectivity index (χ3v) is 3.75. The highest BCUT2D eigenvalue weighted by Gasteiger charge is 2.24. The van der Waals surface area contributed by atoms with Crippen LogP contribution in [0.15, 0.2) is 42.5 Å². The minimum atomic E-state index is -0.403. The van der Waals surface area contributed by atoms with Crippen molar-refractivity contribution in [2.75, 3.05) is 10.6 Å². The molecule has 0 saturated carbocycles. The maximum Gasteiger partial charge on any atom is 0.246 e. The van der Waals surface area contributed by atoms with E-state index in [9.17, 15) is 9.18 Å². The van der Waals surface area contributed by atoms with E-state index in [-0.39, 0.29) is 17.6 Å². The van der Waals surface area contributed by atoms with Crippen molar-refractivity contribution in [1.82, 2.24) is 0 Å². The first kappa shape index (κ1) is 13.6. The second-order valence-electron chi connectivity index (χ2n) is 5.37. The molecule has 1 unspecified atom stereocenters. The van der Waals surface area contributed by atoms with Crippen molar-refractivity contribution in [3.05, 3.63) is 59.4 Å². The number of amides is 1. The van der Waals surface area contributed by atoms with Gasteiger partial charge in [-0.15, -0.1) is 0 Å². The van der Waals surface area contributed by atoms with E-state index in [0.29, 0.717) is 6.42 Å². The second kappa shape index (κ2) is 5.56. The Balaban J connectivity index is 1.72. The fourth-order valence-electron chi connectivity index (χ4n) is 2.58. The summed E-state index contributed by atoms with van der Waals surface area (Å²) in [6.07, 6.45) is 1.55. The average molecular weight is 284 g/mol. The average Bonchev–Trinajstić information content (AvgIpc) is 2.49. The van der Waals surface area contributed by atoms with Crippen LogP contribution in [-0.4, -0.2) is 11.9 Å². The van der Waals surface area contributed by atoms with Crippen molar-refractivity contribution in [3.63, 3.8) is 0 Å². The molecule has 0 bridgehead atoms. The lowest BCUT2D eigenvalue weighted by molar-refractivity contribution is -0.117. The van der Waals surface area contributed by atoms with Crippen LogP contribution in [0.5, 0.6) is 0 Å². The summed E-state index contributed by atoms with van der Waals surface area (Å²) in [6.45, 7) is 1.81. The van der Waals surface area contributed by atoms with E-state index in [1.165, 1.54) is 11.6 Å². The molecule has 2 aromatic rings. The predicted octanol–water partition coefficient (Wildman–Crippen LogP) is 3.50. The molecule has 2 aromatic carbocycles. The van der Waals surface area contributed by atoms with Crippen molar-refractivity contribution in [1.29, 1.82) is 0 Å². The Morgan fingerprint density at radius 2 is 2.10 bits per heavy atom. The molecule has 21 heavy (non-hydrogen) atoms. The standard InChI is InChI=1S/C17H17FN2O/c1-11-6-8-15(13(18)10-11)20-17(21)16-9-7-12-4-2-3-5-14(12)19-16/h2-6,8,10,16,19H,7,9H2,1H3,(H,20,21). The van der Waals surface area contributed by atoms with Crippen molar-refractivity contribution in [2.24, 2.45) is 0 Å². The number of halogens is 1. The largest absolute Gasteiger partial charge is 0.373 e. The van der Waals surface area contributed by atoms with Crippen molar-refractivity contribution < 1.29 is 9.18 Å². The van der Waals surface area contributed by atoms with Gasteiger partial charge in [0.1, 0.15) is 11.9 Å². The van der Waals surface area contributed by atoms with Crippen molar-refractivity contribution in [3.8, 4) is 0 Å². The summed E-state index contributed by atoms with van der Waals surface area (Å²) >= 11 is 0. The van der Waals surface area contributed by atoms with Crippen molar-refractivity contribution in [2.45, 2.75) is 25.8 Å². The molecule has 0 fully saturated rings. The zero-order chi connectivity index (χ0) is 14.8. The van der Waals surface area contributed by atoms with E-state index >= 15 is 0 Å². The Bertz CT molecular complexity index is 684. The predicted molar refractivity (Wildman–Crippen MR) is 81.9 cm³/mol. The normalized spacial score (nSPS) is 16.8. The number of anilines is 2. The van der Waals surface area contributed by atoms with Gasteiger partial charge in [0.05, 0.1) is 5.69 Å². The Kier molecular flexibility index (Phi) is 3.60. The Morgan fingerprint density at radius 1 is 1.29 bits per heavy atom. The number of para-hydroxylation sites is 1. The molecule has 1 aliphatic heterocycles. The summed E-state index contributed by atoms with van der Waals surface area (Å²) in [5.74, 6) is -0.605. The Labute approximate surface area is 123 Å². The molecule has 3 nitrogen and oxygen atoms in total. The van der Waals surface area contributed by atoms with E-state index in [4.69, 9.17) is 0 Å². The van der Waals surface area contributed by atoms with Gasteiger partial charge in [0.2, 0.25) is 5.91 Å². The molecule has 1 amide bonds. The first-order valence-electron chi connectivity index (χ1n) is 7.05. The van der Waals surface area contributed by atoms with Crippen molar-refractivity contribution >= 4 is 17.3 Å². The zero-order valence-electron chi connectivity index (χ0n) is 11.8. The first-order valence-corrected chi connectivity index (χ1v) is 7.05. The fraction of sp³-hybridized carbons (Fsp3) is 0.235. The number of nitrogens with one attached hydrogen (secondary N) is 2. The van der Waals surface area contributed by atoms with E-state index in [1.54, 1.807) is 12.1 Å². The topological polar surface area (TPSA) is 41.1 Å². The molecule has 0 spiro atoms. The van der Waals surface area contributed by atoms with Gasteiger partial charge in [-0.25, -0.2) is 4.39 Å². The number of carbonyl (C=O) groups is 1. The minimum Gasteiger partial charge on any atom is -0.373 e. The van der Waals surface area contributed by atoms with Crippen LogP contribution < -0.4 is 10.6 Å². The first-order chi connectivity index (χ1) is 10.1. The molecule has 0 radical (unpaired) electrons. The van der Waals surface area contributed by atoms with Gasteiger partial charge in [-0.3, -0.25) is 4.79 Å². The molecule has 1 atom stereocenters. The van der Waals surface area contributed by atoms with E-state index < -0.39 is 5.82 Å². The number of hydrogen-bond donors (Lipinski definition) is 2. The van der Waals surface area contributed by atoms with Gasteiger partial charge in [-0.2, -0.15) is 0 Å². The number of carbonyl (C=O) groups excluding carboxylic acids is 1. The van der Waals surface area contributed by atoms with Crippen LogP contribution in [0.3, 0.4) is 0 Å². The van der Waals surface area contributed by atoms with E-state index in [2.05, 4.69) is 16.7 Å². The summed E-state index contributed by atoms with van der Waals surface area (Å²) < 4.78 is 13.8. The maximum atomic E-state index is 13.8. The van der Waals surface area contributed by atoms with E-state index in [0.717, 1.165) is 17.7 Å². The zero-order valence-corrected chi connectivity index (χ0v) is 11.8. The summed E-state index contributed by atoms with van der Waals surface area (Å²) in [4.78, 5) is 12.3. The highest BCUT2D eigenvalue weighted by molar-refractivity contribution is 5.97. The van der Waals surface area contributed by atoms with Gasteiger partial charge < -0.3 is 10.6 Å². The number of aryl methyl sites for hydroxylation is 2. The fourth-order valence-corrected chi connectivity index (χ4v) is 2.58. The third kappa shape index (κ3) is 2.89. The summed E-state index contributed by atoms with van der Waals surface area (Å²) in [5.41, 5.74) is 3.25. The molecule has 4 heteroatoms. The third-order valence-electron chi connectivity index (χ3n) is 3.75. The van der Waals surface area contributed by atoms with Gasteiger partial charge in [-0.1, -0.05) is 24.3 Å². The monoisotopic (exact) mass is 284 g/mol. The number of fused-ring (bicyclic) bond motifs is 1. The maximum absolute atomic E-state index is 13.8. The van der Waals surface area contributed by atoms with Gasteiger partial charge in [0, 0.05) is 5.69 Å². The van der Waals surface area contributed by atoms with Crippen LogP contribution in [0, 0.1) is 12.7 Å². The van der Waals surface area contributed by atoms with Gasteiger partial charge in [-0.05, 0) is 49.1 Å². The highest BCUT2D eigenvalue weighted by Crippen LogP contribution is 2.25. The number of hydrogen-bond acceptors (Lipinski definition) is 2. The quantitative estimate of drug-likeness (QED) is 0.886. The van der Waals surface area contributed by atoms with Crippen LogP contribution in [0.1, 0.15) is 17.5 Å². The molecule has 1 heterocycles. The number of benzene rings is 2. The van der Waals surface area contributed by atoms with Crippen LogP contribution in [0.25, 0.3) is 0 Å². The van der Waals surface area contributed by atoms with Crippen LogP contribution in [0.4, 0.5) is 15.8 Å². The van der Waals surface area contributed by atoms with E-state index in [1.807, 2.05) is 25.1 Å². The lowest BCUT2D eigenvalue weighted by atomic mass is 9.97.